The second-order valence-corrected chi connectivity index (χ2v) is 5.18. The Balaban J connectivity index is 2.10. The van der Waals surface area contributed by atoms with Gasteiger partial charge in [-0.25, -0.2) is 0 Å². The average molecular weight is 224 g/mol. The molecule has 1 nitrogen and oxygen atoms in total. The standard InChI is InChI=1S/C11H10ClNS/c12-8-1-2-10-7(5-8)6-11(14-10)9-3-4-13-9/h1-2,5-6,9,13H,3-4H2. The summed E-state index contributed by atoms with van der Waals surface area (Å²) in [6.07, 6.45) is 1.26. The van der Waals surface area contributed by atoms with Gasteiger partial charge in [0.05, 0.1) is 0 Å². The molecule has 1 aromatic carbocycles. The lowest BCUT2D eigenvalue weighted by molar-refractivity contribution is 0.389. The third kappa shape index (κ3) is 1.34. The fourth-order valence-electron chi connectivity index (χ4n) is 1.74. The Morgan fingerprint density at radius 2 is 2.21 bits per heavy atom. The molecule has 1 aliphatic rings. The maximum Gasteiger partial charge on any atom is 0.0427 e. The second-order valence-electron chi connectivity index (χ2n) is 3.63. The van der Waals surface area contributed by atoms with Gasteiger partial charge in [0.15, 0.2) is 0 Å². The van der Waals surface area contributed by atoms with E-state index in [9.17, 15) is 0 Å². The van der Waals surface area contributed by atoms with E-state index in [1.54, 1.807) is 0 Å². The summed E-state index contributed by atoms with van der Waals surface area (Å²) in [5.74, 6) is 0. The van der Waals surface area contributed by atoms with E-state index in [2.05, 4.69) is 17.4 Å². The van der Waals surface area contributed by atoms with Crippen molar-refractivity contribution in [3.8, 4) is 0 Å². The van der Waals surface area contributed by atoms with E-state index < -0.39 is 0 Å². The number of nitrogens with one attached hydrogen (secondary N) is 1. The highest BCUT2D eigenvalue weighted by Gasteiger charge is 2.20. The summed E-state index contributed by atoms with van der Waals surface area (Å²) >= 11 is 7.81. The molecule has 1 aromatic heterocycles. The summed E-state index contributed by atoms with van der Waals surface area (Å²) in [6, 6.07) is 8.94. The molecule has 1 fully saturated rings. The van der Waals surface area contributed by atoms with Crippen LogP contribution < -0.4 is 5.32 Å². The van der Waals surface area contributed by atoms with Gasteiger partial charge in [-0.05, 0) is 42.6 Å². The van der Waals surface area contributed by atoms with Crippen molar-refractivity contribution in [3.63, 3.8) is 0 Å². The third-order valence-corrected chi connectivity index (χ3v) is 4.13. The van der Waals surface area contributed by atoms with Crippen LogP contribution in [0.2, 0.25) is 5.02 Å². The van der Waals surface area contributed by atoms with Gasteiger partial charge in [0.1, 0.15) is 0 Å². The van der Waals surface area contributed by atoms with Gasteiger partial charge in [-0.15, -0.1) is 11.3 Å². The molecular formula is C11H10ClNS. The highest BCUT2D eigenvalue weighted by Crippen LogP contribution is 2.34. The zero-order valence-corrected chi connectivity index (χ0v) is 9.16. The fourth-order valence-corrected chi connectivity index (χ4v) is 3.07. The number of rotatable bonds is 1. The molecule has 0 aliphatic carbocycles. The van der Waals surface area contributed by atoms with Gasteiger partial charge in [0, 0.05) is 20.6 Å². The fraction of sp³-hybridized carbons (Fsp3) is 0.273. The summed E-state index contributed by atoms with van der Waals surface area (Å²) in [5.41, 5.74) is 0. The molecule has 0 saturated carbocycles. The van der Waals surface area contributed by atoms with Crippen LogP contribution in [0.5, 0.6) is 0 Å². The highest BCUT2D eigenvalue weighted by atomic mass is 35.5. The van der Waals surface area contributed by atoms with Crippen molar-refractivity contribution < 1.29 is 0 Å². The Kier molecular flexibility index (Phi) is 2.01. The van der Waals surface area contributed by atoms with Crippen LogP contribution in [0, 0.1) is 0 Å². The maximum absolute atomic E-state index is 5.94. The predicted octanol–water partition coefficient (Wildman–Crippen LogP) is 3.59. The molecule has 2 heterocycles. The number of fused-ring (bicyclic) bond motifs is 1. The largest absolute Gasteiger partial charge is 0.309 e. The van der Waals surface area contributed by atoms with Crippen LogP contribution in [0.3, 0.4) is 0 Å². The van der Waals surface area contributed by atoms with Gasteiger partial charge in [-0.2, -0.15) is 0 Å². The minimum Gasteiger partial charge on any atom is -0.309 e. The number of halogens is 1. The van der Waals surface area contributed by atoms with Gasteiger partial charge in [0.2, 0.25) is 0 Å². The number of hydrogen-bond donors (Lipinski definition) is 1. The average Bonchev–Trinajstić information content (AvgIpc) is 2.43. The van der Waals surface area contributed by atoms with E-state index in [-0.39, 0.29) is 0 Å². The minimum absolute atomic E-state index is 0.589. The zero-order chi connectivity index (χ0) is 9.54. The van der Waals surface area contributed by atoms with Crippen molar-refractivity contribution in [2.75, 3.05) is 6.54 Å². The molecular weight excluding hydrogens is 214 g/mol. The molecule has 0 amide bonds. The monoisotopic (exact) mass is 223 g/mol. The van der Waals surface area contributed by atoms with Crippen LogP contribution in [0.4, 0.5) is 0 Å². The number of thiophene rings is 1. The van der Waals surface area contributed by atoms with Crippen molar-refractivity contribution in [2.45, 2.75) is 12.5 Å². The summed E-state index contributed by atoms with van der Waals surface area (Å²) in [4.78, 5) is 1.44. The van der Waals surface area contributed by atoms with Crippen LogP contribution in [0.1, 0.15) is 17.3 Å². The molecule has 1 saturated heterocycles. The van der Waals surface area contributed by atoms with Crippen LogP contribution in [0.25, 0.3) is 10.1 Å². The summed E-state index contributed by atoms with van der Waals surface area (Å²) < 4.78 is 1.33. The Labute approximate surface area is 91.7 Å². The molecule has 0 spiro atoms. The molecule has 14 heavy (non-hydrogen) atoms. The minimum atomic E-state index is 0.589. The molecule has 1 aliphatic heterocycles. The Hall–Kier alpha value is -0.570. The van der Waals surface area contributed by atoms with E-state index in [0.717, 1.165) is 11.6 Å². The first-order chi connectivity index (χ1) is 6.83. The summed E-state index contributed by atoms with van der Waals surface area (Å²) in [6.45, 7) is 1.15. The van der Waals surface area contributed by atoms with E-state index >= 15 is 0 Å². The van der Waals surface area contributed by atoms with Gasteiger partial charge >= 0.3 is 0 Å². The molecule has 1 atom stereocenters. The first-order valence-corrected chi connectivity index (χ1v) is 5.95. The van der Waals surface area contributed by atoms with E-state index in [1.165, 1.54) is 21.4 Å². The van der Waals surface area contributed by atoms with Crippen molar-refractivity contribution >= 4 is 33.0 Å². The van der Waals surface area contributed by atoms with Crippen molar-refractivity contribution in [3.05, 3.63) is 34.2 Å². The second kappa shape index (κ2) is 3.23. The summed E-state index contributed by atoms with van der Waals surface area (Å²) in [5, 5.41) is 5.51. The Morgan fingerprint density at radius 3 is 2.93 bits per heavy atom. The molecule has 3 heteroatoms. The zero-order valence-electron chi connectivity index (χ0n) is 7.59. The molecule has 0 radical (unpaired) electrons. The smallest absolute Gasteiger partial charge is 0.0427 e. The van der Waals surface area contributed by atoms with Crippen LogP contribution >= 0.6 is 22.9 Å². The molecule has 72 valence electrons. The van der Waals surface area contributed by atoms with Crippen molar-refractivity contribution in [1.29, 1.82) is 0 Å². The normalized spacial score (nSPS) is 21.1. The molecule has 3 rings (SSSR count). The van der Waals surface area contributed by atoms with Gasteiger partial charge in [-0.1, -0.05) is 11.6 Å². The lowest BCUT2D eigenvalue weighted by Gasteiger charge is -2.26. The Morgan fingerprint density at radius 1 is 1.36 bits per heavy atom. The van der Waals surface area contributed by atoms with E-state index in [1.807, 2.05) is 23.5 Å². The lowest BCUT2D eigenvalue weighted by atomic mass is 10.1. The SMILES string of the molecule is Clc1ccc2sc(C3CCN3)cc2c1. The molecule has 0 bridgehead atoms. The predicted molar refractivity (Wildman–Crippen MR) is 62.2 cm³/mol. The van der Waals surface area contributed by atoms with Crippen LogP contribution in [0.15, 0.2) is 24.3 Å². The van der Waals surface area contributed by atoms with E-state index in [4.69, 9.17) is 11.6 Å². The van der Waals surface area contributed by atoms with Gasteiger partial charge in [-0.3, -0.25) is 0 Å². The summed E-state index contributed by atoms with van der Waals surface area (Å²) in [7, 11) is 0. The molecule has 1 unspecified atom stereocenters. The van der Waals surface area contributed by atoms with Crippen LogP contribution in [-0.2, 0) is 0 Å². The van der Waals surface area contributed by atoms with Crippen LogP contribution in [-0.4, -0.2) is 6.54 Å². The number of hydrogen-bond acceptors (Lipinski definition) is 2. The first-order valence-electron chi connectivity index (χ1n) is 4.75. The maximum atomic E-state index is 5.94. The topological polar surface area (TPSA) is 12.0 Å². The first kappa shape index (κ1) is 8.72. The quantitative estimate of drug-likeness (QED) is 0.779. The third-order valence-electron chi connectivity index (χ3n) is 2.66. The molecule has 1 N–H and O–H groups in total. The lowest BCUT2D eigenvalue weighted by Crippen LogP contribution is -2.34. The van der Waals surface area contributed by atoms with E-state index in [0.29, 0.717) is 6.04 Å². The van der Waals surface area contributed by atoms with Crippen molar-refractivity contribution in [1.82, 2.24) is 5.32 Å². The Bertz CT molecular complexity index is 473. The highest BCUT2D eigenvalue weighted by molar-refractivity contribution is 7.19. The van der Waals surface area contributed by atoms with Gasteiger partial charge < -0.3 is 5.32 Å². The number of benzene rings is 1. The van der Waals surface area contributed by atoms with Gasteiger partial charge in [0.25, 0.3) is 0 Å². The molecule has 2 aromatic rings. The van der Waals surface area contributed by atoms with Crippen molar-refractivity contribution in [2.24, 2.45) is 0 Å².